The number of carbonyl (C=O) groups is 1. The highest BCUT2D eigenvalue weighted by molar-refractivity contribution is 5.78. The van der Waals surface area contributed by atoms with Crippen LogP contribution in [0.1, 0.15) is 25.3 Å². The van der Waals surface area contributed by atoms with Crippen molar-refractivity contribution < 1.29 is 14.6 Å². The average Bonchev–Trinajstić information content (AvgIpc) is 3.18. The minimum absolute atomic E-state index is 0.0619. The van der Waals surface area contributed by atoms with E-state index in [-0.39, 0.29) is 18.4 Å². The second-order valence-corrected chi connectivity index (χ2v) is 6.77. The molecule has 24 heavy (non-hydrogen) atoms. The van der Waals surface area contributed by atoms with Gasteiger partial charge in [0.25, 0.3) is 0 Å². The summed E-state index contributed by atoms with van der Waals surface area (Å²) in [7, 11) is 1.37. The summed E-state index contributed by atoms with van der Waals surface area (Å²) in [6.07, 6.45) is 5.04. The van der Waals surface area contributed by atoms with Gasteiger partial charge in [0.15, 0.2) is 0 Å². The molecule has 1 heterocycles. The maximum Gasteiger partial charge on any atom is 0.314 e. The predicted molar refractivity (Wildman–Crippen MR) is 88.0 cm³/mol. The van der Waals surface area contributed by atoms with Gasteiger partial charge in [0.1, 0.15) is 18.3 Å². The van der Waals surface area contributed by atoms with Crippen LogP contribution in [0.25, 0.3) is 0 Å². The molecule has 1 aliphatic carbocycles. The van der Waals surface area contributed by atoms with Crippen molar-refractivity contribution in [1.82, 2.24) is 14.8 Å². The zero-order chi connectivity index (χ0) is 17.2. The van der Waals surface area contributed by atoms with Crippen LogP contribution in [0.2, 0.25) is 0 Å². The number of ether oxygens (including phenoxy) is 1. The van der Waals surface area contributed by atoms with Crippen molar-refractivity contribution in [3.63, 3.8) is 0 Å². The third-order valence-electron chi connectivity index (χ3n) is 5.45. The molecule has 0 unspecified atom stereocenters. The van der Waals surface area contributed by atoms with Gasteiger partial charge in [0.2, 0.25) is 0 Å². The number of rotatable bonds is 5. The number of methoxy groups -OCH3 is 1. The Hall–Kier alpha value is -2.21. The molecule has 1 aliphatic rings. The van der Waals surface area contributed by atoms with Crippen LogP contribution in [0.3, 0.4) is 0 Å². The molecule has 1 fully saturated rings. The topological polar surface area (TPSA) is 77.2 Å². The van der Waals surface area contributed by atoms with E-state index < -0.39 is 11.0 Å². The van der Waals surface area contributed by atoms with Crippen LogP contribution in [0, 0.1) is 11.3 Å². The van der Waals surface area contributed by atoms with Gasteiger partial charge in [-0.05, 0) is 37.7 Å². The van der Waals surface area contributed by atoms with E-state index >= 15 is 0 Å². The van der Waals surface area contributed by atoms with E-state index in [0.29, 0.717) is 12.8 Å². The summed E-state index contributed by atoms with van der Waals surface area (Å²) in [5.74, 6) is -0.436. The Kier molecular flexibility index (Phi) is 4.41. The fraction of sp³-hybridized carbons (Fsp3) is 0.500. The number of hydrogen-bond donors (Lipinski definition) is 1. The van der Waals surface area contributed by atoms with Gasteiger partial charge in [-0.1, -0.05) is 30.3 Å². The molecule has 0 amide bonds. The summed E-state index contributed by atoms with van der Waals surface area (Å²) in [6.45, 7) is 2.01. The molecule has 1 N–H and O–H groups in total. The van der Waals surface area contributed by atoms with Crippen molar-refractivity contribution in [2.24, 2.45) is 11.3 Å². The number of aromatic nitrogens is 3. The maximum atomic E-state index is 12.5. The lowest BCUT2D eigenvalue weighted by Crippen LogP contribution is -2.54. The first-order chi connectivity index (χ1) is 11.5. The van der Waals surface area contributed by atoms with Crippen LogP contribution in [0.15, 0.2) is 43.0 Å². The molecule has 0 aliphatic heterocycles. The van der Waals surface area contributed by atoms with Gasteiger partial charge >= 0.3 is 5.97 Å². The lowest BCUT2D eigenvalue weighted by atomic mass is 9.71. The molecule has 0 spiro atoms. The van der Waals surface area contributed by atoms with Gasteiger partial charge < -0.3 is 9.84 Å². The summed E-state index contributed by atoms with van der Waals surface area (Å²) in [5, 5.41) is 15.7. The van der Waals surface area contributed by atoms with E-state index in [4.69, 9.17) is 4.74 Å². The average molecular weight is 329 g/mol. The third kappa shape index (κ3) is 2.71. The molecule has 1 saturated carbocycles. The number of hydrogen-bond acceptors (Lipinski definition) is 5. The maximum absolute atomic E-state index is 12.5. The van der Waals surface area contributed by atoms with Crippen LogP contribution < -0.4 is 0 Å². The fourth-order valence-electron chi connectivity index (χ4n) is 3.91. The SMILES string of the molecule is COC(=O)[C@]1(C)CC[C@H](Cc2ccccc2)[C@]1(O)Cn1cncn1. The normalized spacial score (nSPS) is 29.5. The smallest absolute Gasteiger partial charge is 0.314 e. The summed E-state index contributed by atoms with van der Waals surface area (Å²) < 4.78 is 6.59. The van der Waals surface area contributed by atoms with Crippen LogP contribution >= 0.6 is 0 Å². The second-order valence-electron chi connectivity index (χ2n) is 6.77. The highest BCUT2D eigenvalue weighted by Crippen LogP contribution is 2.52. The Labute approximate surface area is 141 Å². The highest BCUT2D eigenvalue weighted by Gasteiger charge is 2.61. The molecule has 6 nitrogen and oxygen atoms in total. The van der Waals surface area contributed by atoms with E-state index in [2.05, 4.69) is 10.1 Å². The molecule has 6 heteroatoms. The first kappa shape index (κ1) is 16.6. The van der Waals surface area contributed by atoms with Crippen LogP contribution in [0.4, 0.5) is 0 Å². The zero-order valence-corrected chi connectivity index (χ0v) is 14.1. The van der Waals surface area contributed by atoms with Gasteiger partial charge in [-0.3, -0.25) is 9.48 Å². The van der Waals surface area contributed by atoms with Crippen LogP contribution in [-0.2, 0) is 22.5 Å². The molecular formula is C18H23N3O3. The minimum Gasteiger partial charge on any atom is -0.469 e. The molecule has 2 aromatic rings. The molecule has 1 aromatic carbocycles. The van der Waals surface area contributed by atoms with Gasteiger partial charge in [-0.2, -0.15) is 5.10 Å². The summed E-state index contributed by atoms with van der Waals surface area (Å²) in [5.41, 5.74) is -1.06. The van der Waals surface area contributed by atoms with Gasteiger partial charge in [-0.15, -0.1) is 0 Å². The predicted octanol–water partition coefficient (Wildman–Crippen LogP) is 1.84. The first-order valence-corrected chi connectivity index (χ1v) is 8.17. The Bertz CT molecular complexity index is 689. The number of carbonyl (C=O) groups excluding carboxylic acids is 1. The molecular weight excluding hydrogens is 306 g/mol. The van der Waals surface area contributed by atoms with Gasteiger partial charge in [0, 0.05) is 0 Å². The summed E-state index contributed by atoms with van der Waals surface area (Å²) in [6, 6.07) is 10.0. The molecule has 0 radical (unpaired) electrons. The molecule has 1 aromatic heterocycles. The van der Waals surface area contributed by atoms with Crippen LogP contribution in [-0.4, -0.2) is 38.6 Å². The quantitative estimate of drug-likeness (QED) is 0.847. The van der Waals surface area contributed by atoms with Gasteiger partial charge in [-0.25, -0.2) is 4.98 Å². The summed E-state index contributed by atoms with van der Waals surface area (Å²) in [4.78, 5) is 16.4. The Morgan fingerprint density at radius 1 is 1.42 bits per heavy atom. The molecule has 3 atom stereocenters. The standard InChI is InChI=1S/C18H23N3O3/c1-17(16(22)24-2)9-8-15(10-14-6-4-3-5-7-14)18(17,23)11-21-13-19-12-20-21/h3-7,12-13,15,23H,8-11H2,1-2H3/t15-,17+,18-/m1/s1. The fourth-order valence-corrected chi connectivity index (χ4v) is 3.91. The van der Waals surface area contributed by atoms with Crippen molar-refractivity contribution in [1.29, 1.82) is 0 Å². The minimum atomic E-state index is -1.25. The number of benzene rings is 1. The third-order valence-corrected chi connectivity index (χ3v) is 5.45. The Morgan fingerprint density at radius 3 is 2.79 bits per heavy atom. The van der Waals surface area contributed by atoms with E-state index in [0.717, 1.165) is 12.0 Å². The molecule has 0 bridgehead atoms. The molecule has 128 valence electrons. The van der Waals surface area contributed by atoms with Crippen molar-refractivity contribution >= 4 is 5.97 Å². The lowest BCUT2D eigenvalue weighted by molar-refractivity contribution is -0.173. The van der Waals surface area contributed by atoms with Crippen molar-refractivity contribution in [3.05, 3.63) is 48.5 Å². The lowest BCUT2D eigenvalue weighted by Gasteiger charge is -2.40. The van der Waals surface area contributed by atoms with E-state index in [1.165, 1.54) is 13.4 Å². The Balaban J connectivity index is 1.94. The van der Waals surface area contributed by atoms with Crippen molar-refractivity contribution in [2.75, 3.05) is 7.11 Å². The first-order valence-electron chi connectivity index (χ1n) is 8.17. The van der Waals surface area contributed by atoms with Gasteiger partial charge in [0.05, 0.1) is 19.1 Å². The van der Waals surface area contributed by atoms with Crippen molar-refractivity contribution in [3.8, 4) is 0 Å². The van der Waals surface area contributed by atoms with E-state index in [9.17, 15) is 9.90 Å². The van der Waals surface area contributed by atoms with Crippen molar-refractivity contribution in [2.45, 2.75) is 38.3 Å². The molecule has 3 rings (SSSR count). The highest BCUT2D eigenvalue weighted by atomic mass is 16.5. The number of esters is 1. The second kappa shape index (κ2) is 6.36. The number of nitrogens with zero attached hydrogens (tertiary/aromatic N) is 3. The van der Waals surface area contributed by atoms with E-state index in [1.54, 1.807) is 17.9 Å². The molecule has 0 saturated heterocycles. The van der Waals surface area contributed by atoms with E-state index in [1.807, 2.05) is 30.3 Å². The monoisotopic (exact) mass is 329 g/mol. The largest absolute Gasteiger partial charge is 0.469 e. The number of aliphatic hydroxyl groups is 1. The summed E-state index contributed by atoms with van der Waals surface area (Å²) >= 11 is 0. The van der Waals surface area contributed by atoms with Crippen LogP contribution in [0.5, 0.6) is 0 Å². The Morgan fingerprint density at radius 2 is 2.17 bits per heavy atom. The zero-order valence-electron chi connectivity index (χ0n) is 14.1.